The largest absolute Gasteiger partial charge is 0.553 e. The number of aryl methyl sites for hydroxylation is 1. The third-order valence-corrected chi connectivity index (χ3v) is 1.82. The Morgan fingerprint density at radius 1 is 1.32 bits per heavy atom. The van der Waals surface area contributed by atoms with Gasteiger partial charge < -0.3 is 14.6 Å². The van der Waals surface area contributed by atoms with Gasteiger partial charge in [0.25, 0.3) is 6.16 Å². The normalized spacial score (nSPS) is 11.3. The smallest absolute Gasteiger partial charge is 0.458 e. The standard InChI is InChI=1S/C8H7F5N.C2H4O3/c1-14-4-2-3-6(5-14)7(9,10)8(11,12)13;1-5-2(3)4/h2-5H,1H3;1H3,(H,3,4)/q+1;/p-1. The number of ether oxygens (including phenoxy) is 1. The predicted molar refractivity (Wildman–Crippen MR) is 50.0 cm³/mol. The second-order valence-corrected chi connectivity index (χ2v) is 3.28. The molecule has 0 saturated heterocycles. The number of halogens is 5. The minimum Gasteiger partial charge on any atom is -0.553 e. The molecule has 4 nitrogen and oxygen atoms in total. The molecule has 1 aromatic rings. The molecule has 0 aliphatic rings. The van der Waals surface area contributed by atoms with E-state index in [-0.39, 0.29) is 0 Å². The third-order valence-electron chi connectivity index (χ3n) is 1.82. The molecule has 0 aromatic carbocycles. The molecule has 108 valence electrons. The van der Waals surface area contributed by atoms with Crippen molar-refractivity contribution in [3.8, 4) is 0 Å². The molecule has 0 unspecified atom stereocenters. The van der Waals surface area contributed by atoms with Crippen LogP contribution in [0.1, 0.15) is 5.56 Å². The fraction of sp³-hybridized carbons (Fsp3) is 0.400. The van der Waals surface area contributed by atoms with E-state index in [4.69, 9.17) is 9.90 Å². The molecule has 0 aliphatic heterocycles. The SMILES string of the molecule is COC(=O)[O-].C[n+]1cccc(C(F)(F)C(F)(F)F)c1. The van der Waals surface area contributed by atoms with Gasteiger partial charge >= 0.3 is 12.1 Å². The summed E-state index contributed by atoms with van der Waals surface area (Å²) in [6.45, 7) is 0. The van der Waals surface area contributed by atoms with Crippen LogP contribution in [0.5, 0.6) is 0 Å². The van der Waals surface area contributed by atoms with Crippen molar-refractivity contribution in [2.45, 2.75) is 12.1 Å². The van der Waals surface area contributed by atoms with E-state index in [0.717, 1.165) is 30.0 Å². The van der Waals surface area contributed by atoms with E-state index in [1.165, 1.54) is 13.2 Å². The Bertz CT molecular complexity index is 433. The van der Waals surface area contributed by atoms with Crippen molar-refractivity contribution in [1.82, 2.24) is 0 Å². The van der Waals surface area contributed by atoms with Crippen LogP contribution in [0.3, 0.4) is 0 Å². The van der Waals surface area contributed by atoms with Crippen LogP contribution in [0.2, 0.25) is 0 Å². The van der Waals surface area contributed by atoms with Crippen molar-refractivity contribution in [3.63, 3.8) is 0 Å². The number of carboxylic acid groups (broad SMARTS) is 1. The van der Waals surface area contributed by atoms with Gasteiger partial charge in [-0.2, -0.15) is 22.0 Å². The summed E-state index contributed by atoms with van der Waals surface area (Å²) in [6, 6.07) is 1.88. The van der Waals surface area contributed by atoms with Crippen LogP contribution < -0.4 is 9.67 Å². The number of methoxy groups -OCH3 is 1. The van der Waals surface area contributed by atoms with Gasteiger partial charge in [0.15, 0.2) is 12.4 Å². The van der Waals surface area contributed by atoms with Gasteiger partial charge in [-0.05, 0) is 6.07 Å². The lowest BCUT2D eigenvalue weighted by Gasteiger charge is -2.18. The van der Waals surface area contributed by atoms with Crippen molar-refractivity contribution in [1.29, 1.82) is 0 Å². The zero-order valence-electron chi connectivity index (χ0n) is 9.87. The van der Waals surface area contributed by atoms with Crippen LogP contribution in [0.25, 0.3) is 0 Å². The minimum atomic E-state index is -5.55. The number of hydrogen-bond acceptors (Lipinski definition) is 3. The van der Waals surface area contributed by atoms with E-state index in [1.54, 1.807) is 0 Å². The lowest BCUT2D eigenvalue weighted by atomic mass is 10.1. The van der Waals surface area contributed by atoms with E-state index >= 15 is 0 Å². The van der Waals surface area contributed by atoms with Crippen molar-refractivity contribution < 1.29 is 41.2 Å². The number of carbonyl (C=O) groups excluding carboxylic acids is 1. The molecule has 0 aliphatic carbocycles. The quantitative estimate of drug-likeness (QED) is 0.442. The molecular formula is C10H10F5NO3. The Morgan fingerprint density at radius 3 is 2.11 bits per heavy atom. The Morgan fingerprint density at radius 2 is 1.79 bits per heavy atom. The Hall–Kier alpha value is -1.93. The zero-order valence-corrected chi connectivity index (χ0v) is 9.87. The number of nitrogens with zero attached hydrogens (tertiary/aromatic N) is 1. The van der Waals surface area contributed by atoms with E-state index < -0.39 is 23.8 Å². The van der Waals surface area contributed by atoms with E-state index in [0.29, 0.717) is 0 Å². The van der Waals surface area contributed by atoms with Crippen molar-refractivity contribution in [3.05, 3.63) is 30.1 Å². The van der Waals surface area contributed by atoms with Gasteiger partial charge in [-0.25, -0.2) is 4.57 Å². The molecule has 0 atom stereocenters. The molecule has 0 radical (unpaired) electrons. The van der Waals surface area contributed by atoms with Gasteiger partial charge in [-0.15, -0.1) is 0 Å². The fourth-order valence-corrected chi connectivity index (χ4v) is 0.937. The molecule has 1 heterocycles. The highest BCUT2D eigenvalue weighted by molar-refractivity contribution is 5.53. The summed E-state index contributed by atoms with van der Waals surface area (Å²) >= 11 is 0. The van der Waals surface area contributed by atoms with Gasteiger partial charge in [0.05, 0.1) is 5.56 Å². The van der Waals surface area contributed by atoms with Gasteiger partial charge in [0.2, 0.25) is 0 Å². The molecule has 0 saturated carbocycles. The zero-order chi connectivity index (χ0) is 15.3. The summed E-state index contributed by atoms with van der Waals surface area (Å²) < 4.78 is 65.8. The maximum atomic E-state index is 12.7. The average molecular weight is 287 g/mol. The minimum absolute atomic E-state index is 0.744. The highest BCUT2D eigenvalue weighted by Gasteiger charge is 2.59. The van der Waals surface area contributed by atoms with Crippen LogP contribution >= 0.6 is 0 Å². The van der Waals surface area contributed by atoms with E-state index in [1.807, 2.05) is 0 Å². The second kappa shape index (κ2) is 6.30. The van der Waals surface area contributed by atoms with Gasteiger partial charge in [0.1, 0.15) is 7.05 Å². The maximum Gasteiger partial charge on any atom is 0.458 e. The summed E-state index contributed by atoms with van der Waals surface area (Å²) in [4.78, 5) is 9.03. The fourth-order valence-electron chi connectivity index (χ4n) is 0.937. The first-order valence-corrected chi connectivity index (χ1v) is 4.67. The van der Waals surface area contributed by atoms with Gasteiger partial charge in [0, 0.05) is 13.2 Å². The molecule has 1 aromatic heterocycles. The summed E-state index contributed by atoms with van der Waals surface area (Å²) in [5.41, 5.74) is -1.06. The molecule has 19 heavy (non-hydrogen) atoms. The number of carbonyl (C=O) groups is 1. The molecule has 1 rings (SSSR count). The number of hydrogen-bond donors (Lipinski definition) is 0. The van der Waals surface area contributed by atoms with E-state index in [2.05, 4.69) is 4.74 Å². The number of aromatic nitrogens is 1. The van der Waals surface area contributed by atoms with Gasteiger partial charge in [-0.1, -0.05) is 0 Å². The average Bonchev–Trinajstić information content (AvgIpc) is 2.28. The number of pyridine rings is 1. The van der Waals surface area contributed by atoms with Crippen molar-refractivity contribution in [2.75, 3.05) is 7.11 Å². The van der Waals surface area contributed by atoms with Crippen LogP contribution in [0, 0.1) is 0 Å². The molecule has 0 bridgehead atoms. The molecule has 9 heteroatoms. The van der Waals surface area contributed by atoms with E-state index in [9.17, 15) is 22.0 Å². The molecule has 0 amide bonds. The summed E-state index contributed by atoms with van der Waals surface area (Å²) in [6.07, 6.45) is -4.94. The topological polar surface area (TPSA) is 53.2 Å². The Kier molecular flexibility index (Phi) is 5.66. The first kappa shape index (κ1) is 17.1. The highest BCUT2D eigenvalue weighted by atomic mass is 19.4. The van der Waals surface area contributed by atoms with Crippen LogP contribution in [0.4, 0.5) is 26.7 Å². The summed E-state index contributed by atoms with van der Waals surface area (Å²) in [7, 11) is 2.41. The lowest BCUT2D eigenvalue weighted by Crippen LogP contribution is -2.37. The van der Waals surface area contributed by atoms with Crippen LogP contribution in [-0.4, -0.2) is 19.4 Å². The molecule has 0 spiro atoms. The Balaban J connectivity index is 0.000000555. The Labute approximate surface area is 105 Å². The predicted octanol–water partition coefficient (Wildman–Crippen LogP) is 1.14. The second-order valence-electron chi connectivity index (χ2n) is 3.28. The molecular weight excluding hydrogens is 277 g/mol. The highest BCUT2D eigenvalue weighted by Crippen LogP contribution is 2.43. The maximum absolute atomic E-state index is 12.7. The van der Waals surface area contributed by atoms with Crippen molar-refractivity contribution >= 4 is 6.16 Å². The number of rotatable bonds is 1. The number of alkyl halides is 5. The summed E-state index contributed by atoms with van der Waals surface area (Å²) in [5, 5.41) is 9.03. The molecule has 0 fully saturated rings. The van der Waals surface area contributed by atoms with Crippen LogP contribution in [0.15, 0.2) is 24.5 Å². The van der Waals surface area contributed by atoms with Gasteiger partial charge in [-0.3, -0.25) is 0 Å². The monoisotopic (exact) mass is 287 g/mol. The first-order chi connectivity index (χ1) is 8.52. The van der Waals surface area contributed by atoms with Crippen LogP contribution in [-0.2, 0) is 17.7 Å². The third kappa shape index (κ3) is 5.06. The summed E-state index contributed by atoms with van der Waals surface area (Å²) in [5.74, 6) is -4.80. The molecule has 0 N–H and O–H groups in total. The first-order valence-electron chi connectivity index (χ1n) is 4.67. The van der Waals surface area contributed by atoms with Crippen molar-refractivity contribution in [2.24, 2.45) is 7.05 Å². The lowest BCUT2D eigenvalue weighted by molar-refractivity contribution is -0.672.